The first-order valence-corrected chi connectivity index (χ1v) is 32.9. The zero-order valence-electron chi connectivity index (χ0n) is 52.2. The number of furan rings is 1. The molecule has 3 heterocycles. The summed E-state index contributed by atoms with van der Waals surface area (Å²) in [4.78, 5) is 0. The largest absolute Gasteiger partial charge is 0.454 e. The number of allylic oxidation sites excluding steroid dienone is 4. The Kier molecular flexibility index (Phi) is 11.0. The molecule has 21 rings (SSSR count). The predicted octanol–water partition coefficient (Wildman–Crippen LogP) is 24.8. The molecule has 3 heteroatoms. The van der Waals surface area contributed by atoms with E-state index in [0.29, 0.717) is 0 Å². The number of hydrogen-bond donors (Lipinski definition) is 0. The summed E-state index contributed by atoms with van der Waals surface area (Å²) < 4.78 is 11.6. The van der Waals surface area contributed by atoms with Gasteiger partial charge in [0.15, 0.2) is 5.58 Å². The molecule has 0 bridgehead atoms. The molecule has 4 aliphatic rings. The molecule has 4 aliphatic carbocycles. The molecular formula is C91H60N2O. The van der Waals surface area contributed by atoms with E-state index in [1.807, 2.05) is 12.1 Å². The van der Waals surface area contributed by atoms with Crippen molar-refractivity contribution in [1.82, 2.24) is 9.13 Å². The third-order valence-corrected chi connectivity index (χ3v) is 21.4. The SMILES string of the molecule is C=Cc1c(-c2ccc(-n3c4ccccc4c4ccc5c6ccccc6oc5c43)c3ccccc23)ccc2c1C(=C)c1ccccc1-2.CC1(C)c2ccccc2-c2ccc3c4ccccc4n(-c4ccc5cc(-c6ccc7c8c(cccc68)C6=CCCC=C67)ccc5c4)c3c21. The van der Waals surface area contributed by atoms with Crippen molar-refractivity contribution in [2.75, 3.05) is 0 Å². The second-order valence-corrected chi connectivity index (χ2v) is 26.5. The number of fused-ring (bicyclic) bond motifs is 22. The van der Waals surface area contributed by atoms with Crippen LogP contribution >= 0.6 is 0 Å². The van der Waals surface area contributed by atoms with Gasteiger partial charge in [0.05, 0.1) is 27.8 Å². The van der Waals surface area contributed by atoms with E-state index in [-0.39, 0.29) is 5.41 Å². The highest BCUT2D eigenvalue weighted by atomic mass is 16.3. The molecule has 17 aromatic rings. The highest BCUT2D eigenvalue weighted by Gasteiger charge is 2.39. The van der Waals surface area contributed by atoms with Gasteiger partial charge in [0.2, 0.25) is 0 Å². The van der Waals surface area contributed by atoms with Crippen LogP contribution in [0.2, 0.25) is 0 Å². The average molecular weight is 1200 g/mol. The monoisotopic (exact) mass is 1200 g/mol. The molecule has 0 unspecified atom stereocenters. The van der Waals surface area contributed by atoms with Crippen LogP contribution in [0.5, 0.6) is 0 Å². The second kappa shape index (κ2) is 19.6. The molecule has 0 radical (unpaired) electrons. The maximum atomic E-state index is 6.63. The molecule has 0 spiro atoms. The van der Waals surface area contributed by atoms with Gasteiger partial charge >= 0.3 is 0 Å². The van der Waals surface area contributed by atoms with Gasteiger partial charge in [-0.1, -0.05) is 258 Å². The maximum absolute atomic E-state index is 6.63. The first kappa shape index (κ1) is 52.9. The molecule has 0 fully saturated rings. The molecule has 0 saturated heterocycles. The van der Waals surface area contributed by atoms with Gasteiger partial charge in [0.25, 0.3) is 0 Å². The van der Waals surface area contributed by atoms with E-state index in [0.717, 1.165) is 68.2 Å². The van der Waals surface area contributed by atoms with Crippen molar-refractivity contribution in [2.24, 2.45) is 0 Å². The lowest BCUT2D eigenvalue weighted by Crippen LogP contribution is -2.16. The van der Waals surface area contributed by atoms with E-state index in [1.165, 1.54) is 154 Å². The van der Waals surface area contributed by atoms with Gasteiger partial charge < -0.3 is 13.6 Å². The second-order valence-electron chi connectivity index (χ2n) is 26.5. The summed E-state index contributed by atoms with van der Waals surface area (Å²) in [5, 5.41) is 14.9. The van der Waals surface area contributed by atoms with E-state index < -0.39 is 0 Å². The summed E-state index contributed by atoms with van der Waals surface area (Å²) in [7, 11) is 0. The summed E-state index contributed by atoms with van der Waals surface area (Å²) in [6.45, 7) is 13.6. The minimum atomic E-state index is -0.103. The predicted molar refractivity (Wildman–Crippen MR) is 399 cm³/mol. The molecule has 14 aromatic carbocycles. The third-order valence-electron chi connectivity index (χ3n) is 21.4. The first-order valence-electron chi connectivity index (χ1n) is 32.9. The molecular weight excluding hydrogens is 1140 g/mol. The lowest BCUT2D eigenvalue weighted by molar-refractivity contribution is 0.664. The number of rotatable bonds is 5. The number of benzene rings is 14. The lowest BCUT2D eigenvalue weighted by Gasteiger charge is -2.23. The number of hydrogen-bond acceptors (Lipinski definition) is 1. The van der Waals surface area contributed by atoms with Gasteiger partial charge in [-0.3, -0.25) is 0 Å². The van der Waals surface area contributed by atoms with Crippen molar-refractivity contribution in [2.45, 2.75) is 32.1 Å². The number of para-hydroxylation sites is 3. The van der Waals surface area contributed by atoms with Crippen molar-refractivity contribution < 1.29 is 4.42 Å². The van der Waals surface area contributed by atoms with E-state index in [9.17, 15) is 0 Å². The first-order chi connectivity index (χ1) is 46.3. The van der Waals surface area contributed by atoms with Crippen LogP contribution in [0.3, 0.4) is 0 Å². The van der Waals surface area contributed by atoms with Gasteiger partial charge in [-0.2, -0.15) is 0 Å². The number of aromatic nitrogens is 2. The normalized spacial score (nSPS) is 14.0. The van der Waals surface area contributed by atoms with E-state index in [1.54, 1.807) is 0 Å². The molecule has 0 amide bonds. The molecule has 3 aromatic heterocycles. The standard InChI is InChI=1S/C47H33N.C44H27NO/c1-47(2)42-16-7-5-12-35(42)40-24-25-41-36-13-6-8-17-43(36)48(46(41)45(40)47)31-21-20-28-26-30(19-18-29(28)27-31)32-22-23-39-34-11-4-3-10-33(34)38-15-9-14-37(32)44(38)39;1-3-27-31(20-21-36-29-13-5-4-12-28(29)26(2)42(27)36)32-24-25-40(33-15-7-6-14-30(32)33)45-39-18-10-8-16-34(39)37-22-23-38-35-17-9-11-19-41(35)46-44(38)43(37)45/h5-27H,3-4H2,1-2H3;3-25H,1-2H2. The van der Waals surface area contributed by atoms with Crippen LogP contribution in [0.1, 0.15) is 65.6 Å². The summed E-state index contributed by atoms with van der Waals surface area (Å²) >= 11 is 0. The van der Waals surface area contributed by atoms with Crippen LogP contribution in [0.15, 0.2) is 291 Å². The van der Waals surface area contributed by atoms with Crippen LogP contribution in [0, 0.1) is 0 Å². The fourth-order valence-electron chi connectivity index (χ4n) is 17.3. The number of nitrogens with zero attached hydrogens (tertiary/aromatic N) is 2. The minimum absolute atomic E-state index is 0.103. The van der Waals surface area contributed by atoms with Crippen molar-refractivity contribution >= 4 is 121 Å². The highest BCUT2D eigenvalue weighted by Crippen LogP contribution is 2.55. The molecule has 0 atom stereocenters. The Bertz CT molecular complexity index is 6330. The van der Waals surface area contributed by atoms with Crippen LogP contribution in [0.25, 0.3) is 177 Å². The molecule has 440 valence electrons. The fraction of sp³-hybridized carbons (Fsp3) is 0.0549. The quantitative estimate of drug-likeness (QED) is 0.168. The van der Waals surface area contributed by atoms with Gasteiger partial charge in [-0.25, -0.2) is 0 Å². The van der Waals surface area contributed by atoms with Crippen LogP contribution in [-0.4, -0.2) is 9.13 Å². The van der Waals surface area contributed by atoms with Crippen LogP contribution in [0.4, 0.5) is 0 Å². The fourth-order valence-corrected chi connectivity index (χ4v) is 17.3. The summed E-state index contributed by atoms with van der Waals surface area (Å²) in [5.41, 5.74) is 32.0. The summed E-state index contributed by atoms with van der Waals surface area (Å²) in [5.74, 6) is 0. The van der Waals surface area contributed by atoms with Crippen molar-refractivity contribution in [3.8, 4) is 55.9 Å². The topological polar surface area (TPSA) is 23.0 Å². The van der Waals surface area contributed by atoms with Gasteiger partial charge in [0, 0.05) is 48.8 Å². The lowest BCUT2D eigenvalue weighted by atomic mass is 9.81. The highest BCUT2D eigenvalue weighted by molar-refractivity contribution is 6.25. The Morgan fingerprint density at radius 1 is 0.404 bits per heavy atom. The minimum Gasteiger partial charge on any atom is -0.454 e. The zero-order valence-corrected chi connectivity index (χ0v) is 52.2. The smallest absolute Gasteiger partial charge is 0.160 e. The van der Waals surface area contributed by atoms with E-state index in [2.05, 4.69) is 303 Å². The summed E-state index contributed by atoms with van der Waals surface area (Å²) in [6.07, 6.45) is 9.13. The Morgan fingerprint density at radius 2 is 0.979 bits per heavy atom. The molecule has 0 aliphatic heterocycles. The van der Waals surface area contributed by atoms with Gasteiger partial charge in [-0.05, 0) is 188 Å². The summed E-state index contributed by atoms with van der Waals surface area (Å²) in [6, 6.07) is 95.9. The van der Waals surface area contributed by atoms with Crippen molar-refractivity contribution in [3.05, 3.63) is 325 Å². The molecule has 0 saturated carbocycles. The Morgan fingerprint density at radius 3 is 1.79 bits per heavy atom. The Hall–Kier alpha value is -11.8. The van der Waals surface area contributed by atoms with Gasteiger partial charge in [-0.15, -0.1) is 0 Å². The zero-order chi connectivity index (χ0) is 62.2. The Balaban J connectivity index is 0.000000130. The Labute approximate surface area is 544 Å². The molecule has 94 heavy (non-hydrogen) atoms. The molecule has 0 N–H and O–H groups in total. The van der Waals surface area contributed by atoms with Crippen molar-refractivity contribution in [1.29, 1.82) is 0 Å². The van der Waals surface area contributed by atoms with Crippen LogP contribution < -0.4 is 0 Å². The van der Waals surface area contributed by atoms with E-state index >= 15 is 0 Å². The maximum Gasteiger partial charge on any atom is 0.160 e. The van der Waals surface area contributed by atoms with Crippen LogP contribution in [-0.2, 0) is 5.41 Å². The van der Waals surface area contributed by atoms with Crippen molar-refractivity contribution in [3.63, 3.8) is 0 Å². The average Bonchev–Trinajstić information content (AvgIpc) is 1.57. The third kappa shape index (κ3) is 7.21. The van der Waals surface area contributed by atoms with Gasteiger partial charge in [0.1, 0.15) is 5.58 Å². The van der Waals surface area contributed by atoms with E-state index in [4.69, 9.17) is 4.42 Å². The molecule has 3 nitrogen and oxygen atoms in total.